The molecule has 3 heterocycles. The topological polar surface area (TPSA) is 196 Å². The van der Waals surface area contributed by atoms with E-state index in [4.69, 9.17) is 36.0 Å². The molecule has 6 atom stereocenters. The number of imidazole rings is 1. The van der Waals surface area contributed by atoms with Crippen LogP contribution >= 0.6 is 19.3 Å². The van der Waals surface area contributed by atoms with Crippen molar-refractivity contribution in [1.29, 1.82) is 0 Å². The summed E-state index contributed by atoms with van der Waals surface area (Å²) in [5.41, 5.74) is -1.45. The van der Waals surface area contributed by atoms with E-state index < -0.39 is 50.1 Å². The van der Waals surface area contributed by atoms with Gasteiger partial charge >= 0.3 is 13.7 Å². The highest BCUT2D eigenvalue weighted by Gasteiger charge is 2.56. The number of fused-ring (bicyclic) bond motifs is 1. The Bertz CT molecular complexity index is 1400. The van der Waals surface area contributed by atoms with Crippen molar-refractivity contribution in [1.82, 2.24) is 24.6 Å². The van der Waals surface area contributed by atoms with E-state index in [1.807, 2.05) is 0 Å². The quantitative estimate of drug-likeness (QED) is 0.114. The molecule has 4 rings (SSSR count). The number of halogens is 1. The van der Waals surface area contributed by atoms with E-state index >= 15 is 0 Å². The number of ether oxygens (including phenoxy) is 2. The molecule has 0 radical (unpaired) electrons. The van der Waals surface area contributed by atoms with Gasteiger partial charge in [0.1, 0.15) is 29.8 Å². The standard InChI is InChI=1S/C23H31ClN7O8P/c1-12(2)36-20(33)13(3)29-40(35,38-15-8-6-14(24)7-9-15)39-21-17(32)23(4,34)22(37-21)31-11-28-16-18(30(5)25)26-10-27-19(16)31/h6-13,17,21-22,32,34H,25H2,1-5H3,(H,29,35)/t13-,17?,21?,22+,23+,40?/m0/s1. The number of aromatic nitrogens is 4. The van der Waals surface area contributed by atoms with Crippen molar-refractivity contribution in [2.75, 3.05) is 12.1 Å². The minimum absolute atomic E-state index is 0.0798. The zero-order chi connectivity index (χ0) is 29.4. The summed E-state index contributed by atoms with van der Waals surface area (Å²) in [6.07, 6.45) is -2.60. The van der Waals surface area contributed by atoms with E-state index in [0.29, 0.717) is 16.4 Å². The zero-order valence-electron chi connectivity index (χ0n) is 22.3. The molecule has 0 saturated carbocycles. The Labute approximate surface area is 234 Å². The molecule has 40 heavy (non-hydrogen) atoms. The van der Waals surface area contributed by atoms with Gasteiger partial charge in [0.05, 0.1) is 12.4 Å². The highest BCUT2D eigenvalue weighted by Crippen LogP contribution is 2.51. The lowest BCUT2D eigenvalue weighted by Gasteiger charge is -2.28. The first-order valence-electron chi connectivity index (χ1n) is 12.2. The number of hydrogen-bond donors (Lipinski definition) is 4. The van der Waals surface area contributed by atoms with E-state index in [-0.39, 0.29) is 11.4 Å². The molecule has 1 aliphatic heterocycles. The van der Waals surface area contributed by atoms with Crippen molar-refractivity contribution in [2.45, 2.75) is 64.1 Å². The molecule has 3 unspecified atom stereocenters. The van der Waals surface area contributed by atoms with E-state index in [9.17, 15) is 19.6 Å². The predicted molar refractivity (Wildman–Crippen MR) is 143 cm³/mol. The van der Waals surface area contributed by atoms with E-state index in [1.54, 1.807) is 20.9 Å². The number of nitrogens with one attached hydrogen (secondary N) is 1. The van der Waals surface area contributed by atoms with Crippen molar-refractivity contribution in [3.8, 4) is 5.75 Å². The van der Waals surface area contributed by atoms with E-state index in [1.165, 1.54) is 60.3 Å². The summed E-state index contributed by atoms with van der Waals surface area (Å²) in [5.74, 6) is 5.50. The first-order chi connectivity index (χ1) is 18.7. The predicted octanol–water partition coefficient (Wildman–Crippen LogP) is 1.89. The van der Waals surface area contributed by atoms with Gasteiger partial charge in [-0.2, -0.15) is 5.09 Å². The number of hydrogen-bond acceptors (Lipinski definition) is 13. The van der Waals surface area contributed by atoms with Gasteiger partial charge in [0.25, 0.3) is 0 Å². The van der Waals surface area contributed by atoms with Crippen molar-refractivity contribution in [3.05, 3.63) is 41.9 Å². The number of carbonyl (C=O) groups is 1. The number of esters is 1. The molecule has 1 saturated heterocycles. The number of aliphatic hydroxyl groups excluding tert-OH is 1. The maximum atomic E-state index is 14.0. The average Bonchev–Trinajstić information content (AvgIpc) is 3.38. The maximum absolute atomic E-state index is 14.0. The van der Waals surface area contributed by atoms with Gasteiger partial charge in [-0.05, 0) is 52.0 Å². The number of carbonyl (C=O) groups excluding carboxylic acids is 1. The normalized spacial score (nSPS) is 25.1. The van der Waals surface area contributed by atoms with Crippen LogP contribution in [0.1, 0.15) is 33.9 Å². The summed E-state index contributed by atoms with van der Waals surface area (Å²) in [5, 5.41) is 26.4. The Kier molecular flexibility index (Phi) is 8.68. The fourth-order valence-electron chi connectivity index (χ4n) is 3.93. The third kappa shape index (κ3) is 6.21. The number of nitrogens with zero attached hydrogens (tertiary/aromatic N) is 5. The monoisotopic (exact) mass is 599 g/mol. The third-order valence-corrected chi connectivity index (χ3v) is 7.78. The second-order valence-corrected chi connectivity index (χ2v) is 11.7. The summed E-state index contributed by atoms with van der Waals surface area (Å²) in [4.78, 5) is 25.0. The molecule has 5 N–H and O–H groups in total. The second-order valence-electron chi connectivity index (χ2n) is 9.64. The largest absolute Gasteiger partial charge is 0.462 e. The molecule has 17 heteroatoms. The summed E-state index contributed by atoms with van der Waals surface area (Å²) in [7, 11) is -2.92. The van der Waals surface area contributed by atoms with Gasteiger partial charge in [-0.15, -0.1) is 0 Å². The van der Waals surface area contributed by atoms with Gasteiger partial charge in [0.15, 0.2) is 23.2 Å². The van der Waals surface area contributed by atoms with Gasteiger partial charge in [0, 0.05) is 12.1 Å². The van der Waals surface area contributed by atoms with Crippen LogP contribution in [0.25, 0.3) is 11.2 Å². The molecular formula is C23H31ClN7O8P. The summed E-state index contributed by atoms with van der Waals surface area (Å²) in [6, 6.07) is 4.71. The summed E-state index contributed by atoms with van der Waals surface area (Å²) >= 11 is 5.94. The average molecular weight is 600 g/mol. The lowest BCUT2D eigenvalue weighted by molar-refractivity contribution is -0.149. The van der Waals surface area contributed by atoms with E-state index in [2.05, 4.69) is 20.0 Å². The Morgan fingerprint density at radius 3 is 2.58 bits per heavy atom. The van der Waals surface area contributed by atoms with E-state index in [0.717, 1.165) is 0 Å². The summed E-state index contributed by atoms with van der Waals surface area (Å²) < 4.78 is 37.7. The fraction of sp³-hybridized carbons (Fsp3) is 0.478. The number of anilines is 1. The molecule has 1 aliphatic rings. The zero-order valence-corrected chi connectivity index (χ0v) is 24.0. The van der Waals surface area contributed by atoms with Gasteiger partial charge < -0.3 is 24.2 Å². The Morgan fingerprint density at radius 2 is 1.95 bits per heavy atom. The molecule has 0 amide bonds. The van der Waals surface area contributed by atoms with Crippen LogP contribution < -0.4 is 20.5 Å². The molecule has 2 aromatic heterocycles. The molecule has 1 aromatic carbocycles. The molecule has 218 valence electrons. The lowest BCUT2D eigenvalue weighted by Crippen LogP contribution is -2.44. The number of benzene rings is 1. The second kappa shape index (κ2) is 11.5. The van der Waals surface area contributed by atoms with Crippen molar-refractivity contribution in [3.63, 3.8) is 0 Å². The molecule has 1 fully saturated rings. The van der Waals surface area contributed by atoms with Crippen molar-refractivity contribution < 1.29 is 38.1 Å². The maximum Gasteiger partial charge on any atom is 0.461 e. The van der Waals surface area contributed by atoms with Crippen molar-refractivity contribution >= 4 is 42.3 Å². The SMILES string of the molecule is CC(C)OC(=O)[C@H](C)NP(=O)(Oc1ccc(Cl)cc1)OC1O[C@@H](n2cnc3c(N(C)N)ncnc32)[C@](C)(O)C1O. The van der Waals surface area contributed by atoms with Crippen LogP contribution in [0.4, 0.5) is 5.82 Å². The molecule has 0 spiro atoms. The van der Waals surface area contributed by atoms with Crippen LogP contribution in [0.2, 0.25) is 5.02 Å². The number of rotatable bonds is 10. The fourth-order valence-corrected chi connectivity index (χ4v) is 5.63. The first kappa shape index (κ1) is 30.1. The molecule has 0 bridgehead atoms. The molecular weight excluding hydrogens is 569 g/mol. The van der Waals surface area contributed by atoms with Crippen molar-refractivity contribution in [2.24, 2.45) is 5.84 Å². The minimum Gasteiger partial charge on any atom is -0.462 e. The molecule has 3 aromatic rings. The smallest absolute Gasteiger partial charge is 0.461 e. The first-order valence-corrected chi connectivity index (χ1v) is 14.1. The summed E-state index contributed by atoms with van der Waals surface area (Å²) in [6.45, 7) is 6.03. The number of hydrazine groups is 1. The van der Waals surface area contributed by atoms with Gasteiger partial charge in [-0.1, -0.05) is 11.6 Å². The van der Waals surface area contributed by atoms with Gasteiger partial charge in [-0.25, -0.2) is 25.4 Å². The Hall–Kier alpha value is -2.88. The number of nitrogens with two attached hydrogens (primary N) is 1. The molecule has 0 aliphatic carbocycles. The van der Waals surface area contributed by atoms with Crippen LogP contribution in [0.3, 0.4) is 0 Å². The van der Waals surface area contributed by atoms with Crippen LogP contribution in [0.15, 0.2) is 36.9 Å². The van der Waals surface area contributed by atoms with Crippen LogP contribution in [-0.4, -0.2) is 72.9 Å². The highest BCUT2D eigenvalue weighted by molar-refractivity contribution is 7.52. The molecule has 15 nitrogen and oxygen atoms in total. The Balaban J connectivity index is 1.64. The van der Waals surface area contributed by atoms with Gasteiger partial charge in [-0.3, -0.25) is 18.9 Å². The Morgan fingerprint density at radius 1 is 1.27 bits per heavy atom. The third-order valence-electron chi connectivity index (χ3n) is 5.88. The minimum atomic E-state index is -4.49. The van der Waals surface area contributed by atoms with Crippen LogP contribution in [0, 0.1) is 0 Å². The number of aliphatic hydroxyl groups is 2. The van der Waals surface area contributed by atoms with Gasteiger partial charge in [0.2, 0.25) is 6.29 Å². The highest BCUT2D eigenvalue weighted by atomic mass is 35.5. The lowest BCUT2D eigenvalue weighted by atomic mass is 9.99. The van der Waals surface area contributed by atoms with Crippen LogP contribution in [0.5, 0.6) is 5.75 Å². The van der Waals surface area contributed by atoms with Crippen LogP contribution in [-0.2, 0) is 23.4 Å².